The molecule has 2 heterocycles. The Balaban J connectivity index is 1.42. The number of rotatable bonds is 1. The normalized spacial score (nSPS) is 31.3. The van der Waals surface area contributed by atoms with E-state index in [4.69, 9.17) is 16.3 Å². The maximum Gasteiger partial charge on any atom is 0.264 e. The Morgan fingerprint density at radius 3 is 2.83 bits per heavy atom. The van der Waals surface area contributed by atoms with Gasteiger partial charge in [-0.3, -0.25) is 4.79 Å². The summed E-state index contributed by atoms with van der Waals surface area (Å²) < 4.78 is 35.0. The molecule has 0 saturated heterocycles. The van der Waals surface area contributed by atoms with Gasteiger partial charge in [-0.15, -0.1) is 0 Å². The molecule has 2 bridgehead atoms. The molecule has 5 atom stereocenters. The number of hydrogen-bond donors (Lipinski definition) is 2. The lowest BCUT2D eigenvalue weighted by molar-refractivity contribution is 0.0456. The minimum absolute atomic E-state index is 0.0836. The number of benzene rings is 2. The van der Waals surface area contributed by atoms with Gasteiger partial charge in [0.1, 0.15) is 5.75 Å². The number of fused-ring (bicyclic) bond motifs is 4. The lowest BCUT2D eigenvalue weighted by atomic mass is 9.68. The number of aliphatic hydroxyl groups excluding tert-OH is 1. The van der Waals surface area contributed by atoms with Crippen LogP contribution in [0.4, 0.5) is 5.69 Å². The molecule has 0 radical (unpaired) electrons. The van der Waals surface area contributed by atoms with Crippen molar-refractivity contribution in [1.29, 1.82) is 5.26 Å². The summed E-state index contributed by atoms with van der Waals surface area (Å²) in [6.07, 6.45) is 8.05. The second kappa shape index (κ2) is 11.6. The average molecular weight is 610 g/mol. The molecule has 0 aromatic heterocycles. The summed E-state index contributed by atoms with van der Waals surface area (Å²) in [7, 11) is -4.11. The number of nitrogens with zero attached hydrogens (tertiary/aromatic N) is 2. The van der Waals surface area contributed by atoms with E-state index in [1.165, 1.54) is 11.1 Å². The van der Waals surface area contributed by atoms with Crippen LogP contribution in [-0.2, 0) is 21.9 Å². The predicted molar refractivity (Wildman–Crippen MR) is 161 cm³/mol. The van der Waals surface area contributed by atoms with Crippen LogP contribution in [0.1, 0.15) is 66.4 Å². The standard InChI is InChI=1S/C32H36ClN3O5S/c33-24-9-11-27-21(16-24)4-3-14-32(27)19-36-18-23-7-10-26(23)29(37)6-2-1-5-25(13-15-34)42(39,40)35-31(38)22-8-12-30(41-20-32)28(36)17-22/h2,6,8-9,11-12,16-17,23,25-26,29,37H,1,3-5,7,10,13-14,18-20H2,(H,35,38)/b6-2-/t23-,25-,26+,29-,32-/m0/s1. The fourth-order valence-corrected chi connectivity index (χ4v) is 8.69. The summed E-state index contributed by atoms with van der Waals surface area (Å²) in [4.78, 5) is 15.6. The van der Waals surface area contributed by atoms with Crippen molar-refractivity contribution in [3.05, 3.63) is 70.3 Å². The zero-order chi connectivity index (χ0) is 29.5. The van der Waals surface area contributed by atoms with Crippen LogP contribution in [0, 0.1) is 23.2 Å². The van der Waals surface area contributed by atoms with E-state index in [-0.39, 0.29) is 35.7 Å². The molecule has 2 aromatic carbocycles. The maximum absolute atomic E-state index is 13.3. The van der Waals surface area contributed by atoms with E-state index in [0.717, 1.165) is 42.8 Å². The number of hydrogen-bond acceptors (Lipinski definition) is 7. The molecule has 2 aliphatic carbocycles. The summed E-state index contributed by atoms with van der Waals surface area (Å²) >= 11 is 6.37. The van der Waals surface area contributed by atoms with Gasteiger partial charge >= 0.3 is 0 Å². The Kier molecular flexibility index (Phi) is 7.99. The molecular formula is C32H36ClN3O5S. The van der Waals surface area contributed by atoms with Gasteiger partial charge in [0.05, 0.1) is 36.1 Å². The maximum atomic E-state index is 13.3. The molecule has 4 aliphatic rings. The average Bonchev–Trinajstić information content (AvgIpc) is 3.09. The van der Waals surface area contributed by atoms with E-state index >= 15 is 0 Å². The highest BCUT2D eigenvalue weighted by molar-refractivity contribution is 7.90. The first-order valence-electron chi connectivity index (χ1n) is 14.8. The largest absolute Gasteiger partial charge is 0.490 e. The van der Waals surface area contributed by atoms with Crippen molar-refractivity contribution >= 4 is 33.2 Å². The summed E-state index contributed by atoms with van der Waals surface area (Å²) in [5, 5.41) is 20.0. The molecule has 42 heavy (non-hydrogen) atoms. The monoisotopic (exact) mass is 609 g/mol. The number of amides is 1. The number of nitriles is 1. The molecule has 2 N–H and O–H groups in total. The number of carbonyl (C=O) groups is 1. The molecule has 1 fully saturated rings. The van der Waals surface area contributed by atoms with Crippen LogP contribution in [0.5, 0.6) is 5.75 Å². The minimum atomic E-state index is -4.11. The van der Waals surface area contributed by atoms with Gasteiger partial charge in [-0.25, -0.2) is 13.1 Å². The van der Waals surface area contributed by atoms with E-state index < -0.39 is 27.3 Å². The topological polar surface area (TPSA) is 120 Å². The summed E-state index contributed by atoms with van der Waals surface area (Å²) in [6, 6.07) is 13.1. The van der Waals surface area contributed by atoms with E-state index in [1.807, 2.05) is 12.1 Å². The van der Waals surface area contributed by atoms with Crippen molar-refractivity contribution in [2.75, 3.05) is 24.6 Å². The zero-order valence-electron chi connectivity index (χ0n) is 23.5. The van der Waals surface area contributed by atoms with E-state index in [1.54, 1.807) is 30.4 Å². The fourth-order valence-electron chi connectivity index (χ4n) is 7.21. The molecule has 2 aliphatic heterocycles. The van der Waals surface area contributed by atoms with Crippen molar-refractivity contribution in [1.82, 2.24) is 4.72 Å². The van der Waals surface area contributed by atoms with Crippen LogP contribution in [0.2, 0.25) is 5.02 Å². The number of carbonyl (C=O) groups excluding carboxylic acids is 1. The van der Waals surface area contributed by atoms with Gasteiger partial charge in [-0.2, -0.15) is 5.26 Å². The van der Waals surface area contributed by atoms with Crippen molar-refractivity contribution in [2.24, 2.45) is 11.8 Å². The Bertz CT molecular complexity index is 1550. The van der Waals surface area contributed by atoms with Gasteiger partial charge in [0, 0.05) is 29.1 Å². The molecule has 1 spiro atoms. The van der Waals surface area contributed by atoms with Crippen LogP contribution in [0.25, 0.3) is 0 Å². The van der Waals surface area contributed by atoms with Gasteiger partial charge in [0.15, 0.2) is 0 Å². The van der Waals surface area contributed by atoms with Gasteiger partial charge in [-0.05, 0) is 98.2 Å². The fraction of sp³-hybridized carbons (Fsp3) is 0.500. The number of halogens is 1. The van der Waals surface area contributed by atoms with E-state index in [9.17, 15) is 23.6 Å². The molecule has 0 unspecified atom stereocenters. The number of ether oxygens (including phenoxy) is 1. The SMILES string of the molecule is N#CC[C@@H]1CC/C=C\[C@H](O)[C@@H]2CC[C@H]2CN2C[C@@]3(CCCc4cc(Cl)ccc43)COc3ccc(cc32)C(=O)NS1(=O)=O. The highest BCUT2D eigenvalue weighted by atomic mass is 35.5. The number of nitrogens with one attached hydrogen (secondary N) is 1. The molecule has 6 rings (SSSR count). The third-order valence-electron chi connectivity index (χ3n) is 9.65. The second-order valence-corrected chi connectivity index (χ2v) is 14.6. The number of allylic oxidation sites excluding steroid dienone is 1. The van der Waals surface area contributed by atoms with Crippen molar-refractivity contribution in [3.63, 3.8) is 0 Å². The Labute approximate surface area is 252 Å². The van der Waals surface area contributed by atoms with Crippen LogP contribution >= 0.6 is 11.6 Å². The Morgan fingerprint density at radius 2 is 2.05 bits per heavy atom. The van der Waals surface area contributed by atoms with Crippen LogP contribution in [0.15, 0.2) is 48.6 Å². The molecule has 8 nitrogen and oxygen atoms in total. The number of anilines is 1. The lowest BCUT2D eigenvalue weighted by Crippen LogP contribution is -2.49. The molecular weight excluding hydrogens is 574 g/mol. The van der Waals surface area contributed by atoms with E-state index in [2.05, 4.69) is 21.8 Å². The summed E-state index contributed by atoms with van der Waals surface area (Å²) in [5.41, 5.74) is 3.14. The second-order valence-electron chi connectivity index (χ2n) is 12.2. The number of aliphatic hydroxyl groups is 1. The molecule has 1 saturated carbocycles. The molecule has 1 amide bonds. The Hall–Kier alpha value is -3.06. The Morgan fingerprint density at radius 1 is 1.19 bits per heavy atom. The zero-order valence-corrected chi connectivity index (χ0v) is 25.0. The van der Waals surface area contributed by atoms with Gasteiger partial charge in [0.25, 0.3) is 5.91 Å². The highest BCUT2D eigenvalue weighted by Crippen LogP contribution is 2.46. The van der Waals surface area contributed by atoms with Crippen LogP contribution < -0.4 is 14.4 Å². The highest BCUT2D eigenvalue weighted by Gasteiger charge is 2.44. The molecule has 222 valence electrons. The van der Waals surface area contributed by atoms with Gasteiger partial charge < -0.3 is 14.7 Å². The third kappa shape index (κ3) is 5.52. The van der Waals surface area contributed by atoms with Crippen LogP contribution in [0.3, 0.4) is 0 Å². The van der Waals surface area contributed by atoms with Crippen molar-refractivity contribution in [2.45, 2.75) is 68.1 Å². The lowest BCUT2D eigenvalue weighted by Gasteiger charge is -2.45. The first-order chi connectivity index (χ1) is 20.2. The van der Waals surface area contributed by atoms with Crippen molar-refractivity contribution < 1.29 is 23.1 Å². The van der Waals surface area contributed by atoms with Crippen LogP contribution in [-0.4, -0.2) is 50.5 Å². The van der Waals surface area contributed by atoms with Gasteiger partial charge in [-0.1, -0.05) is 29.8 Å². The quantitative estimate of drug-likeness (QED) is 0.442. The van der Waals surface area contributed by atoms with Crippen molar-refractivity contribution in [3.8, 4) is 11.8 Å². The minimum Gasteiger partial charge on any atom is -0.490 e. The molecule has 10 heteroatoms. The first kappa shape index (κ1) is 29.0. The summed E-state index contributed by atoms with van der Waals surface area (Å²) in [6.45, 7) is 1.82. The number of sulfonamides is 1. The third-order valence-corrected chi connectivity index (χ3v) is 11.6. The van der Waals surface area contributed by atoms with E-state index in [0.29, 0.717) is 31.9 Å². The first-order valence-corrected chi connectivity index (χ1v) is 16.7. The predicted octanol–water partition coefficient (Wildman–Crippen LogP) is 4.89. The number of aryl methyl sites for hydroxylation is 1. The molecule has 2 aromatic rings. The smallest absolute Gasteiger partial charge is 0.264 e. The summed E-state index contributed by atoms with van der Waals surface area (Å²) in [5.74, 6) is 0.252. The van der Waals surface area contributed by atoms with Gasteiger partial charge in [0.2, 0.25) is 10.0 Å².